The molecule has 0 atom stereocenters. The van der Waals surface area contributed by atoms with Gasteiger partial charge < -0.3 is 19.5 Å². The number of nitrogens with zero attached hydrogens (tertiary/aromatic N) is 6. The van der Waals surface area contributed by atoms with Crippen LogP contribution in [0.2, 0.25) is 0 Å². The standard InChI is InChI=1S/C22H23N7O/c1-27-10-12-28(13-11-27)20-19-18(22(30)24-14-16-5-7-23-8-6-16)17-4-2-3-9-29(17)21(19)26-15-25-20/h2-9,15H,10-14H2,1H3,(H,24,30). The summed E-state index contributed by atoms with van der Waals surface area (Å²) < 4.78 is 1.97. The number of hydrogen-bond acceptors (Lipinski definition) is 6. The molecule has 8 heteroatoms. The summed E-state index contributed by atoms with van der Waals surface area (Å²) >= 11 is 0. The van der Waals surface area contributed by atoms with Gasteiger partial charge in [0.1, 0.15) is 12.1 Å². The first-order valence-corrected chi connectivity index (χ1v) is 10.1. The lowest BCUT2D eigenvalue weighted by atomic mass is 10.1. The summed E-state index contributed by atoms with van der Waals surface area (Å²) in [5.41, 5.74) is 3.20. The van der Waals surface area contributed by atoms with Crippen LogP contribution in [-0.4, -0.2) is 63.4 Å². The highest BCUT2D eigenvalue weighted by molar-refractivity contribution is 6.16. The first-order chi connectivity index (χ1) is 14.7. The molecule has 0 bridgehead atoms. The van der Waals surface area contributed by atoms with Crippen LogP contribution in [0.15, 0.2) is 55.2 Å². The minimum Gasteiger partial charge on any atom is -0.353 e. The number of fused-ring (bicyclic) bond motifs is 3. The van der Waals surface area contributed by atoms with Crippen LogP contribution in [0, 0.1) is 0 Å². The molecule has 1 aliphatic rings. The van der Waals surface area contributed by atoms with Crippen molar-refractivity contribution in [3.05, 3.63) is 66.4 Å². The van der Waals surface area contributed by atoms with Crippen LogP contribution in [0.3, 0.4) is 0 Å². The van der Waals surface area contributed by atoms with Gasteiger partial charge in [0.25, 0.3) is 5.91 Å². The molecular weight excluding hydrogens is 378 g/mol. The number of carbonyl (C=O) groups is 1. The molecule has 4 aromatic rings. The van der Waals surface area contributed by atoms with E-state index in [0.29, 0.717) is 12.1 Å². The lowest BCUT2D eigenvalue weighted by molar-refractivity contribution is 0.0954. The van der Waals surface area contributed by atoms with E-state index >= 15 is 0 Å². The van der Waals surface area contributed by atoms with E-state index in [4.69, 9.17) is 0 Å². The summed E-state index contributed by atoms with van der Waals surface area (Å²) in [5.74, 6) is 0.696. The zero-order valence-corrected chi connectivity index (χ0v) is 16.8. The van der Waals surface area contributed by atoms with Crippen molar-refractivity contribution < 1.29 is 4.79 Å². The molecule has 5 rings (SSSR count). The van der Waals surface area contributed by atoms with Gasteiger partial charge in [0, 0.05) is 51.3 Å². The first-order valence-electron chi connectivity index (χ1n) is 10.1. The van der Waals surface area contributed by atoms with E-state index in [1.165, 1.54) is 0 Å². The minimum absolute atomic E-state index is 0.129. The quantitative estimate of drug-likeness (QED) is 0.563. The Hall–Kier alpha value is -3.52. The third-order valence-electron chi connectivity index (χ3n) is 5.63. The summed E-state index contributed by atoms with van der Waals surface area (Å²) in [6, 6.07) is 9.64. The fourth-order valence-electron chi connectivity index (χ4n) is 3.99. The second kappa shape index (κ2) is 7.72. The number of piperazine rings is 1. The summed E-state index contributed by atoms with van der Waals surface area (Å²) in [6.07, 6.45) is 6.99. The average molecular weight is 401 g/mol. The van der Waals surface area contributed by atoms with Gasteiger partial charge in [-0.25, -0.2) is 9.97 Å². The third kappa shape index (κ3) is 3.25. The van der Waals surface area contributed by atoms with Crippen molar-refractivity contribution in [2.45, 2.75) is 6.54 Å². The van der Waals surface area contributed by atoms with Gasteiger partial charge in [-0.3, -0.25) is 9.78 Å². The molecule has 0 unspecified atom stereocenters. The zero-order chi connectivity index (χ0) is 20.5. The van der Waals surface area contributed by atoms with Crippen LogP contribution >= 0.6 is 0 Å². The monoisotopic (exact) mass is 401 g/mol. The highest BCUT2D eigenvalue weighted by Gasteiger charge is 2.26. The molecule has 1 saturated heterocycles. The van der Waals surface area contributed by atoms with Crippen molar-refractivity contribution in [3.63, 3.8) is 0 Å². The zero-order valence-electron chi connectivity index (χ0n) is 16.8. The van der Waals surface area contributed by atoms with Crippen LogP contribution in [0.1, 0.15) is 15.9 Å². The highest BCUT2D eigenvalue weighted by Crippen LogP contribution is 2.32. The van der Waals surface area contributed by atoms with E-state index in [9.17, 15) is 4.79 Å². The molecule has 0 spiro atoms. The Morgan fingerprint density at radius 1 is 1.07 bits per heavy atom. The number of pyridine rings is 2. The first kappa shape index (κ1) is 18.5. The molecule has 0 aromatic carbocycles. The van der Waals surface area contributed by atoms with E-state index in [0.717, 1.165) is 54.1 Å². The molecule has 1 N–H and O–H groups in total. The Bertz CT molecular complexity index is 1200. The molecule has 5 heterocycles. The van der Waals surface area contributed by atoms with Crippen molar-refractivity contribution in [3.8, 4) is 0 Å². The second-order valence-corrected chi connectivity index (χ2v) is 7.56. The Balaban J connectivity index is 1.60. The molecule has 1 aliphatic heterocycles. The van der Waals surface area contributed by atoms with E-state index in [1.54, 1.807) is 18.7 Å². The number of carbonyl (C=O) groups excluding carboxylic acids is 1. The van der Waals surface area contributed by atoms with Gasteiger partial charge in [0.2, 0.25) is 0 Å². The van der Waals surface area contributed by atoms with Crippen molar-refractivity contribution in [2.24, 2.45) is 0 Å². The summed E-state index contributed by atoms with van der Waals surface area (Å²) in [7, 11) is 2.12. The fraction of sp³-hybridized carbons (Fsp3) is 0.273. The van der Waals surface area contributed by atoms with Crippen molar-refractivity contribution >= 4 is 28.3 Å². The number of nitrogens with one attached hydrogen (secondary N) is 1. The molecule has 8 nitrogen and oxygen atoms in total. The maximum atomic E-state index is 13.4. The van der Waals surface area contributed by atoms with E-state index in [-0.39, 0.29) is 5.91 Å². The Morgan fingerprint density at radius 2 is 1.87 bits per heavy atom. The van der Waals surface area contributed by atoms with E-state index in [2.05, 4.69) is 37.1 Å². The van der Waals surface area contributed by atoms with E-state index in [1.807, 2.05) is 40.9 Å². The lowest BCUT2D eigenvalue weighted by Gasteiger charge is -2.33. The normalized spacial score (nSPS) is 15.0. The van der Waals surface area contributed by atoms with Gasteiger partial charge in [-0.05, 0) is 36.9 Å². The number of anilines is 1. The largest absolute Gasteiger partial charge is 0.353 e. The number of rotatable bonds is 4. The predicted octanol–water partition coefficient (Wildman–Crippen LogP) is 1.96. The van der Waals surface area contributed by atoms with Gasteiger partial charge in [0.05, 0.1) is 16.5 Å². The third-order valence-corrected chi connectivity index (χ3v) is 5.63. The number of aromatic nitrogens is 4. The number of amides is 1. The Labute approximate surface area is 174 Å². The summed E-state index contributed by atoms with van der Waals surface area (Å²) in [4.78, 5) is 31.1. The summed E-state index contributed by atoms with van der Waals surface area (Å²) in [6.45, 7) is 4.09. The maximum Gasteiger partial charge on any atom is 0.254 e. The molecule has 1 fully saturated rings. The van der Waals surface area contributed by atoms with Crippen molar-refractivity contribution in [1.29, 1.82) is 0 Å². The molecule has 152 valence electrons. The van der Waals surface area contributed by atoms with Crippen LogP contribution < -0.4 is 10.2 Å². The second-order valence-electron chi connectivity index (χ2n) is 7.56. The van der Waals surface area contributed by atoms with Gasteiger partial charge in [-0.2, -0.15) is 0 Å². The minimum atomic E-state index is -0.129. The number of hydrogen-bond donors (Lipinski definition) is 1. The Morgan fingerprint density at radius 3 is 2.67 bits per heavy atom. The smallest absolute Gasteiger partial charge is 0.254 e. The molecule has 30 heavy (non-hydrogen) atoms. The van der Waals surface area contributed by atoms with Crippen molar-refractivity contribution in [2.75, 3.05) is 38.1 Å². The summed E-state index contributed by atoms with van der Waals surface area (Å²) in [5, 5.41) is 3.87. The molecule has 4 aromatic heterocycles. The molecule has 0 radical (unpaired) electrons. The van der Waals surface area contributed by atoms with Crippen LogP contribution in [0.5, 0.6) is 0 Å². The Kier molecular flexibility index (Phi) is 4.76. The van der Waals surface area contributed by atoms with Crippen molar-refractivity contribution in [1.82, 2.24) is 29.6 Å². The molecule has 0 saturated carbocycles. The molecular formula is C22H23N7O. The lowest BCUT2D eigenvalue weighted by Crippen LogP contribution is -2.45. The molecule has 0 aliphatic carbocycles. The van der Waals surface area contributed by atoms with Gasteiger partial charge in [-0.1, -0.05) is 6.07 Å². The van der Waals surface area contributed by atoms with Crippen LogP contribution in [0.4, 0.5) is 5.82 Å². The SMILES string of the molecule is CN1CCN(c2ncnc3c2c(C(=O)NCc2ccncc2)c2ccccn23)CC1. The van der Waals surface area contributed by atoms with E-state index < -0.39 is 0 Å². The maximum absolute atomic E-state index is 13.4. The highest BCUT2D eigenvalue weighted by atomic mass is 16.1. The predicted molar refractivity (Wildman–Crippen MR) is 116 cm³/mol. The van der Waals surface area contributed by atoms with Crippen LogP contribution in [0.25, 0.3) is 16.6 Å². The fourth-order valence-corrected chi connectivity index (χ4v) is 3.99. The topological polar surface area (TPSA) is 78.7 Å². The van der Waals surface area contributed by atoms with Gasteiger partial charge in [0.15, 0.2) is 5.65 Å². The molecule has 1 amide bonds. The van der Waals surface area contributed by atoms with Gasteiger partial charge >= 0.3 is 0 Å². The van der Waals surface area contributed by atoms with Gasteiger partial charge in [-0.15, -0.1) is 0 Å². The number of likely N-dealkylation sites (N-methyl/N-ethyl adjacent to an activating group) is 1. The average Bonchev–Trinajstić information content (AvgIpc) is 3.13. The van der Waals surface area contributed by atoms with Crippen LogP contribution in [-0.2, 0) is 6.54 Å².